The van der Waals surface area contributed by atoms with E-state index in [0.717, 1.165) is 32.4 Å². The molecule has 260 valence electrons. The summed E-state index contributed by atoms with van der Waals surface area (Å²) in [6.07, 6.45) is 0.648. The molecule has 0 aliphatic carbocycles. The molecule has 1 aliphatic heterocycles. The van der Waals surface area contributed by atoms with E-state index in [1.54, 1.807) is 50.6 Å². The fourth-order valence-corrected chi connectivity index (χ4v) is 5.94. The number of para-hydroxylation sites is 1. The summed E-state index contributed by atoms with van der Waals surface area (Å²) >= 11 is 6.45. The van der Waals surface area contributed by atoms with E-state index < -0.39 is 29.8 Å². The number of fused-ring (bicyclic) bond motifs is 1. The number of hydrogen-bond acceptors (Lipinski definition) is 6. The highest BCUT2D eigenvalue weighted by Gasteiger charge is 2.37. The minimum absolute atomic E-state index is 0. The minimum Gasteiger partial charge on any atom is -0.492 e. The first kappa shape index (κ1) is 37.7. The van der Waals surface area contributed by atoms with Gasteiger partial charge in [0.1, 0.15) is 18.0 Å². The van der Waals surface area contributed by atoms with Crippen molar-refractivity contribution < 1.29 is 28.2 Å². The summed E-state index contributed by atoms with van der Waals surface area (Å²) in [5.74, 6) is -0.274. The van der Waals surface area contributed by atoms with Gasteiger partial charge in [0.2, 0.25) is 5.91 Å². The molecule has 2 unspecified atom stereocenters. The molecule has 2 atom stereocenters. The van der Waals surface area contributed by atoms with E-state index in [1.807, 2.05) is 24.3 Å². The van der Waals surface area contributed by atoms with Crippen LogP contribution in [-0.2, 0) is 27.3 Å². The minimum atomic E-state index is -1.14. The Labute approximate surface area is 298 Å². The topological polar surface area (TPSA) is 89.1 Å². The third-order valence-corrected chi connectivity index (χ3v) is 8.49. The van der Waals surface area contributed by atoms with Crippen LogP contribution in [0.2, 0.25) is 5.02 Å². The van der Waals surface area contributed by atoms with Crippen LogP contribution in [0.1, 0.15) is 47.6 Å². The Bertz CT molecular complexity index is 1690. The highest BCUT2D eigenvalue weighted by molar-refractivity contribution is 6.30. The van der Waals surface area contributed by atoms with Gasteiger partial charge in [-0.25, -0.2) is 4.39 Å². The summed E-state index contributed by atoms with van der Waals surface area (Å²) in [6, 6.07) is 27.4. The number of ether oxygens (including phenoxy) is 3. The lowest BCUT2D eigenvalue weighted by molar-refractivity contribution is -0.137. The second kappa shape index (κ2) is 18.6. The van der Waals surface area contributed by atoms with Gasteiger partial charge in [0, 0.05) is 41.0 Å². The molecule has 49 heavy (non-hydrogen) atoms. The van der Waals surface area contributed by atoms with Crippen molar-refractivity contribution in [2.45, 2.75) is 44.4 Å². The number of methoxy groups -OCH3 is 1. The molecule has 0 radical (unpaired) electrons. The maximum absolute atomic E-state index is 14.1. The normalized spacial score (nSPS) is 15.5. The van der Waals surface area contributed by atoms with Crippen molar-refractivity contribution in [1.29, 1.82) is 0 Å². The van der Waals surface area contributed by atoms with Crippen molar-refractivity contribution >= 4 is 41.5 Å². The van der Waals surface area contributed by atoms with Crippen molar-refractivity contribution in [3.05, 3.63) is 124 Å². The van der Waals surface area contributed by atoms with Crippen LogP contribution in [0, 0.1) is 5.82 Å². The number of anilines is 1. The highest BCUT2D eigenvalue weighted by Crippen LogP contribution is 2.45. The number of aryl methyl sites for hydroxylation is 1. The van der Waals surface area contributed by atoms with Crippen LogP contribution in [0.15, 0.2) is 91.0 Å². The molecule has 4 aromatic rings. The molecule has 0 bridgehead atoms. The summed E-state index contributed by atoms with van der Waals surface area (Å²) in [4.78, 5) is 28.2. The summed E-state index contributed by atoms with van der Waals surface area (Å²) in [6.45, 7) is 2.18. The Kier molecular flexibility index (Phi) is 14.3. The van der Waals surface area contributed by atoms with Gasteiger partial charge in [-0.3, -0.25) is 9.59 Å². The van der Waals surface area contributed by atoms with Crippen molar-refractivity contribution in [3.8, 4) is 11.5 Å². The van der Waals surface area contributed by atoms with Gasteiger partial charge < -0.3 is 29.7 Å². The lowest BCUT2D eigenvalue weighted by Gasteiger charge is -2.24. The van der Waals surface area contributed by atoms with Gasteiger partial charge in [-0.15, -0.1) is 12.4 Å². The third-order valence-electron chi connectivity index (χ3n) is 8.26. The van der Waals surface area contributed by atoms with Crippen LogP contribution in [0.5, 0.6) is 11.5 Å². The number of carbonyl (C=O) groups excluding carboxylic acids is 2. The van der Waals surface area contributed by atoms with Gasteiger partial charge in [-0.2, -0.15) is 0 Å². The van der Waals surface area contributed by atoms with Crippen molar-refractivity contribution in [1.82, 2.24) is 10.6 Å². The van der Waals surface area contributed by atoms with Gasteiger partial charge in [0.25, 0.3) is 5.91 Å². The van der Waals surface area contributed by atoms with E-state index in [4.69, 9.17) is 25.8 Å². The Morgan fingerprint density at radius 3 is 2.49 bits per heavy atom. The predicted molar refractivity (Wildman–Crippen MR) is 192 cm³/mol. The molecular weight excluding hydrogens is 668 g/mol. The SMILES string of the molecule is COc1c(OCCCNCCCc2ccccc2)cccc1C1OC(CC(=O)NCc2ccccc2F)C(=O)N(C)c2ccc(Cl)cc21.Cl. The summed E-state index contributed by atoms with van der Waals surface area (Å²) < 4.78 is 32.7. The Morgan fingerprint density at radius 1 is 0.959 bits per heavy atom. The number of halogens is 3. The lowest BCUT2D eigenvalue weighted by Crippen LogP contribution is -2.40. The van der Waals surface area contributed by atoms with Gasteiger partial charge in [0.05, 0.1) is 20.1 Å². The van der Waals surface area contributed by atoms with E-state index in [1.165, 1.54) is 16.5 Å². The van der Waals surface area contributed by atoms with Crippen molar-refractivity contribution in [2.24, 2.45) is 0 Å². The molecule has 0 spiro atoms. The summed E-state index contributed by atoms with van der Waals surface area (Å²) in [7, 11) is 3.19. The molecule has 0 fully saturated rings. The zero-order chi connectivity index (χ0) is 33.9. The second-order valence-electron chi connectivity index (χ2n) is 11.6. The number of rotatable bonds is 15. The number of nitrogens with one attached hydrogen (secondary N) is 2. The maximum atomic E-state index is 14.1. The third kappa shape index (κ3) is 9.95. The van der Waals surface area contributed by atoms with Crippen molar-refractivity contribution in [3.63, 3.8) is 0 Å². The fourth-order valence-electron chi connectivity index (χ4n) is 5.76. The molecule has 11 heteroatoms. The second-order valence-corrected chi connectivity index (χ2v) is 12.0. The van der Waals surface area contributed by atoms with Gasteiger partial charge in [-0.05, 0) is 68.2 Å². The van der Waals surface area contributed by atoms with Gasteiger partial charge in [0.15, 0.2) is 11.5 Å². The number of benzene rings is 4. The van der Waals surface area contributed by atoms with Crippen molar-refractivity contribution in [2.75, 3.05) is 38.8 Å². The van der Waals surface area contributed by atoms with Crippen LogP contribution in [0.4, 0.5) is 10.1 Å². The fraction of sp³-hybridized carbons (Fsp3) is 0.316. The van der Waals surface area contributed by atoms with Crippen LogP contribution in [-0.4, -0.2) is 51.8 Å². The molecule has 0 saturated carbocycles. The highest BCUT2D eigenvalue weighted by atomic mass is 35.5. The van der Waals surface area contributed by atoms with Gasteiger partial charge >= 0.3 is 0 Å². The van der Waals surface area contributed by atoms with E-state index in [-0.39, 0.29) is 25.4 Å². The van der Waals surface area contributed by atoms with Crippen LogP contribution in [0.3, 0.4) is 0 Å². The molecule has 2 N–H and O–H groups in total. The zero-order valence-corrected chi connectivity index (χ0v) is 29.2. The quantitative estimate of drug-likeness (QED) is 0.129. The Balaban J connectivity index is 0.00000541. The molecule has 0 aromatic heterocycles. The number of amides is 2. The summed E-state index contributed by atoms with van der Waals surface area (Å²) in [5, 5.41) is 6.65. The average molecular weight is 711 g/mol. The first-order valence-electron chi connectivity index (χ1n) is 16.1. The molecule has 5 rings (SSSR count). The van der Waals surface area contributed by atoms with E-state index >= 15 is 0 Å². The summed E-state index contributed by atoms with van der Waals surface area (Å²) in [5.41, 5.74) is 3.54. The molecule has 1 heterocycles. The number of carbonyl (C=O) groups is 2. The van der Waals surface area contributed by atoms with E-state index in [9.17, 15) is 14.0 Å². The molecule has 1 aliphatic rings. The number of likely N-dealkylation sites (N-methyl/N-ethyl adjacent to an activating group) is 1. The van der Waals surface area contributed by atoms with E-state index in [0.29, 0.717) is 45.5 Å². The number of hydrogen-bond donors (Lipinski definition) is 2. The first-order valence-corrected chi connectivity index (χ1v) is 16.5. The lowest BCUT2D eigenvalue weighted by atomic mass is 9.98. The maximum Gasteiger partial charge on any atom is 0.256 e. The molecule has 4 aromatic carbocycles. The Morgan fingerprint density at radius 2 is 1.71 bits per heavy atom. The first-order chi connectivity index (χ1) is 23.4. The van der Waals surface area contributed by atoms with Crippen LogP contribution < -0.4 is 25.0 Å². The van der Waals surface area contributed by atoms with Crippen LogP contribution in [0.25, 0.3) is 0 Å². The number of nitrogens with zero attached hydrogens (tertiary/aromatic N) is 1. The zero-order valence-electron chi connectivity index (χ0n) is 27.6. The van der Waals surface area contributed by atoms with E-state index in [2.05, 4.69) is 34.9 Å². The largest absolute Gasteiger partial charge is 0.492 e. The molecule has 0 saturated heterocycles. The smallest absolute Gasteiger partial charge is 0.256 e. The average Bonchev–Trinajstić information content (AvgIpc) is 3.19. The molecule has 8 nitrogen and oxygen atoms in total. The molecule has 2 amide bonds. The molecular formula is C38H42Cl2FN3O5. The van der Waals surface area contributed by atoms with Crippen LogP contribution >= 0.6 is 24.0 Å². The Hall–Kier alpha value is -4.15. The monoisotopic (exact) mass is 709 g/mol. The standard InChI is InChI=1S/C38H41ClFN3O5.ClH/c1-43-32-19-18-28(39)23-30(32)36(48-34(38(43)45)24-35(44)42-25-27-14-6-7-16-31(27)40)29-15-8-17-33(37(29)46-2)47-22-10-21-41-20-9-13-26-11-4-3-5-12-26;/h3-8,11-12,14-19,23,34,36,41H,9-10,13,20-22,24-25H2,1-2H3,(H,42,44);1H. The predicted octanol–water partition coefficient (Wildman–Crippen LogP) is 7.06. The van der Waals surface area contributed by atoms with Gasteiger partial charge in [-0.1, -0.05) is 72.3 Å².